The summed E-state index contributed by atoms with van der Waals surface area (Å²) >= 11 is 0. The number of ether oxygens (including phenoxy) is 2. The zero-order valence-electron chi connectivity index (χ0n) is 16.0. The number of nitrogens with zero attached hydrogens (tertiary/aromatic N) is 1. The van der Waals surface area contributed by atoms with Crippen molar-refractivity contribution in [1.82, 2.24) is 10.2 Å². The fraction of sp³-hybridized carbons (Fsp3) is 0.421. The van der Waals surface area contributed by atoms with Gasteiger partial charge in [0.05, 0.1) is 18.2 Å². The van der Waals surface area contributed by atoms with Crippen LogP contribution in [0.3, 0.4) is 0 Å². The van der Waals surface area contributed by atoms with Crippen molar-refractivity contribution in [3.8, 4) is 5.75 Å². The Morgan fingerprint density at radius 2 is 2.00 bits per heavy atom. The van der Waals surface area contributed by atoms with E-state index < -0.39 is 30.6 Å². The predicted molar refractivity (Wildman–Crippen MR) is 97.3 cm³/mol. The lowest BCUT2D eigenvalue weighted by molar-refractivity contribution is -0.139. The van der Waals surface area contributed by atoms with Crippen molar-refractivity contribution in [3.05, 3.63) is 41.1 Å². The number of halogens is 2. The minimum atomic E-state index is -3.08. The molecule has 0 unspecified atom stereocenters. The standard InChI is InChI=1S/C19H22F2N2O6/c1-3-28-17(26)15-11(2)23(10-6-9-14(24)25)19(27)22-16(15)12-7-4-5-8-13(12)29-18(20)21/h4-5,7-8,16,18H,3,6,9-10H2,1-2H3,(H,22,27)(H,24,25)/t16-/m0/s1. The van der Waals surface area contributed by atoms with E-state index in [0.717, 1.165) is 0 Å². The van der Waals surface area contributed by atoms with Crippen molar-refractivity contribution in [3.63, 3.8) is 0 Å². The normalized spacial score (nSPS) is 16.7. The number of amides is 2. The van der Waals surface area contributed by atoms with E-state index in [1.54, 1.807) is 13.0 Å². The molecule has 0 aromatic heterocycles. The summed E-state index contributed by atoms with van der Waals surface area (Å²) in [7, 11) is 0. The van der Waals surface area contributed by atoms with Crippen LogP contribution in [-0.2, 0) is 14.3 Å². The van der Waals surface area contributed by atoms with E-state index in [4.69, 9.17) is 9.84 Å². The number of carboxylic acids is 1. The number of esters is 1. The Morgan fingerprint density at radius 3 is 2.62 bits per heavy atom. The lowest BCUT2D eigenvalue weighted by Gasteiger charge is -2.35. The average molecular weight is 412 g/mol. The molecular weight excluding hydrogens is 390 g/mol. The van der Waals surface area contributed by atoms with Crippen LogP contribution in [0.4, 0.5) is 13.6 Å². The van der Waals surface area contributed by atoms with E-state index in [0.29, 0.717) is 0 Å². The number of carboxylic acid groups (broad SMARTS) is 1. The van der Waals surface area contributed by atoms with Gasteiger partial charge in [-0.2, -0.15) is 8.78 Å². The van der Waals surface area contributed by atoms with Gasteiger partial charge in [0.25, 0.3) is 0 Å². The first kappa shape index (κ1) is 22.1. The van der Waals surface area contributed by atoms with Crippen molar-refractivity contribution < 1.29 is 37.7 Å². The number of aliphatic carboxylic acids is 1. The zero-order valence-corrected chi connectivity index (χ0v) is 16.0. The topological polar surface area (TPSA) is 105 Å². The second-order valence-corrected chi connectivity index (χ2v) is 6.17. The first-order chi connectivity index (χ1) is 13.8. The number of allylic oxidation sites excluding steroid dienone is 1. The molecule has 158 valence electrons. The Morgan fingerprint density at radius 1 is 1.31 bits per heavy atom. The van der Waals surface area contributed by atoms with Crippen LogP contribution in [0.15, 0.2) is 35.5 Å². The first-order valence-corrected chi connectivity index (χ1v) is 8.97. The van der Waals surface area contributed by atoms with Crippen LogP contribution in [-0.4, -0.2) is 47.7 Å². The molecule has 2 amide bonds. The number of hydrogen-bond donors (Lipinski definition) is 2. The highest BCUT2D eigenvalue weighted by Gasteiger charge is 2.37. The Kier molecular flexibility index (Phi) is 7.52. The molecule has 1 aromatic carbocycles. The van der Waals surface area contributed by atoms with Crippen LogP contribution in [0.5, 0.6) is 5.75 Å². The third-order valence-corrected chi connectivity index (χ3v) is 4.31. The summed E-state index contributed by atoms with van der Waals surface area (Å²) in [6.07, 6.45) is 0.0201. The van der Waals surface area contributed by atoms with E-state index in [1.807, 2.05) is 0 Å². The minimum absolute atomic E-state index is 0.0621. The SMILES string of the molecule is CCOC(=O)C1=C(C)N(CCCC(=O)O)C(=O)N[C@H]1c1ccccc1OC(F)F. The highest BCUT2D eigenvalue weighted by Crippen LogP contribution is 2.36. The third-order valence-electron chi connectivity index (χ3n) is 4.31. The van der Waals surface area contributed by atoms with E-state index >= 15 is 0 Å². The number of carbonyl (C=O) groups excluding carboxylic acids is 2. The molecule has 0 radical (unpaired) electrons. The third kappa shape index (κ3) is 5.43. The number of benzene rings is 1. The van der Waals surface area contributed by atoms with Gasteiger partial charge >= 0.3 is 24.6 Å². The fourth-order valence-electron chi connectivity index (χ4n) is 3.07. The van der Waals surface area contributed by atoms with Gasteiger partial charge in [0.15, 0.2) is 0 Å². The molecule has 0 aliphatic carbocycles. The van der Waals surface area contributed by atoms with Crippen LogP contribution < -0.4 is 10.1 Å². The molecule has 1 atom stereocenters. The fourth-order valence-corrected chi connectivity index (χ4v) is 3.07. The number of para-hydroxylation sites is 1. The van der Waals surface area contributed by atoms with Crippen molar-refractivity contribution in [2.24, 2.45) is 0 Å². The van der Waals surface area contributed by atoms with Gasteiger partial charge in [-0.3, -0.25) is 9.69 Å². The molecule has 1 aliphatic heterocycles. The van der Waals surface area contributed by atoms with Crippen LogP contribution in [0.25, 0.3) is 0 Å². The average Bonchev–Trinajstić information content (AvgIpc) is 2.63. The molecule has 2 N–H and O–H groups in total. The number of nitrogens with one attached hydrogen (secondary N) is 1. The Balaban J connectivity index is 2.47. The van der Waals surface area contributed by atoms with Crippen molar-refractivity contribution >= 4 is 18.0 Å². The molecule has 0 bridgehead atoms. The molecule has 0 saturated carbocycles. The smallest absolute Gasteiger partial charge is 0.387 e. The van der Waals surface area contributed by atoms with Gasteiger partial charge in [0.2, 0.25) is 0 Å². The van der Waals surface area contributed by atoms with Crippen LogP contribution >= 0.6 is 0 Å². The zero-order chi connectivity index (χ0) is 21.6. The summed E-state index contributed by atoms with van der Waals surface area (Å²) in [6, 6.07) is 4.19. The van der Waals surface area contributed by atoms with E-state index in [2.05, 4.69) is 10.1 Å². The Hall–Kier alpha value is -3.17. The van der Waals surface area contributed by atoms with Crippen LogP contribution in [0.2, 0.25) is 0 Å². The van der Waals surface area contributed by atoms with E-state index in [-0.39, 0.29) is 48.6 Å². The molecule has 0 fully saturated rings. The summed E-state index contributed by atoms with van der Waals surface area (Å²) in [5.74, 6) is -1.91. The molecule has 8 nitrogen and oxygen atoms in total. The van der Waals surface area contributed by atoms with Gasteiger partial charge < -0.3 is 19.9 Å². The molecule has 10 heteroatoms. The second-order valence-electron chi connectivity index (χ2n) is 6.17. The summed E-state index contributed by atoms with van der Waals surface area (Å²) in [6.45, 7) is 0.191. The quantitative estimate of drug-likeness (QED) is 0.604. The summed E-state index contributed by atoms with van der Waals surface area (Å²) in [5.41, 5.74) is 0.496. The van der Waals surface area contributed by atoms with Crippen LogP contribution in [0, 0.1) is 0 Å². The predicted octanol–water partition coefficient (Wildman–Crippen LogP) is 3.06. The second kappa shape index (κ2) is 9.85. The largest absolute Gasteiger partial charge is 0.481 e. The monoisotopic (exact) mass is 412 g/mol. The van der Waals surface area contributed by atoms with Crippen molar-refractivity contribution in [1.29, 1.82) is 0 Å². The molecule has 1 aliphatic rings. The van der Waals surface area contributed by atoms with Gasteiger partial charge in [-0.1, -0.05) is 18.2 Å². The van der Waals surface area contributed by atoms with Crippen molar-refractivity contribution in [2.75, 3.05) is 13.2 Å². The van der Waals surface area contributed by atoms with Gasteiger partial charge in [0.1, 0.15) is 5.75 Å². The molecule has 29 heavy (non-hydrogen) atoms. The number of rotatable bonds is 9. The van der Waals surface area contributed by atoms with E-state index in [1.165, 1.54) is 30.0 Å². The van der Waals surface area contributed by atoms with Crippen molar-refractivity contribution in [2.45, 2.75) is 39.3 Å². The molecule has 0 saturated heterocycles. The maximum absolute atomic E-state index is 12.8. The number of carbonyl (C=O) groups is 3. The maximum Gasteiger partial charge on any atom is 0.387 e. The number of alkyl halides is 2. The number of urea groups is 1. The summed E-state index contributed by atoms with van der Waals surface area (Å²) in [5, 5.41) is 11.4. The highest BCUT2D eigenvalue weighted by molar-refractivity contribution is 5.95. The van der Waals surface area contributed by atoms with Crippen LogP contribution in [0.1, 0.15) is 38.3 Å². The van der Waals surface area contributed by atoms with E-state index in [9.17, 15) is 23.2 Å². The minimum Gasteiger partial charge on any atom is -0.481 e. The summed E-state index contributed by atoms with van der Waals surface area (Å²) < 4.78 is 35.2. The maximum atomic E-state index is 12.8. The molecule has 1 heterocycles. The molecular formula is C19H22F2N2O6. The molecule has 1 aromatic rings. The van der Waals surface area contributed by atoms with Gasteiger partial charge in [-0.15, -0.1) is 0 Å². The Labute approximate surface area is 166 Å². The lowest BCUT2D eigenvalue weighted by Crippen LogP contribution is -2.48. The van der Waals surface area contributed by atoms with Gasteiger partial charge in [-0.05, 0) is 26.3 Å². The summed E-state index contributed by atoms with van der Waals surface area (Å²) in [4.78, 5) is 37.2. The van der Waals surface area contributed by atoms with Gasteiger partial charge in [-0.25, -0.2) is 9.59 Å². The highest BCUT2D eigenvalue weighted by atomic mass is 19.3. The van der Waals surface area contributed by atoms with Gasteiger partial charge in [0, 0.05) is 24.2 Å². The molecule has 0 spiro atoms. The Bertz CT molecular complexity index is 812. The first-order valence-electron chi connectivity index (χ1n) is 8.97. The molecule has 2 rings (SSSR count). The number of hydrogen-bond acceptors (Lipinski definition) is 5. The lowest BCUT2D eigenvalue weighted by atomic mass is 9.94.